The molecule has 0 fully saturated rings. The number of ether oxygens (including phenoxy) is 2. The van der Waals surface area contributed by atoms with Crippen LogP contribution in [0.15, 0.2) is 60.7 Å². The maximum absolute atomic E-state index is 12.3. The minimum Gasteiger partial charge on any atom is -0.454 e. The van der Waals surface area contributed by atoms with Gasteiger partial charge in [-0.15, -0.1) is 0 Å². The van der Waals surface area contributed by atoms with Crippen LogP contribution in [-0.2, 0) is 32.1 Å². The second kappa shape index (κ2) is 12.3. The summed E-state index contributed by atoms with van der Waals surface area (Å²) in [6.45, 7) is 3.67. The second-order valence-corrected chi connectivity index (χ2v) is 7.12. The fourth-order valence-corrected chi connectivity index (χ4v) is 2.66. The third kappa shape index (κ3) is 8.34. The van der Waals surface area contributed by atoms with Gasteiger partial charge in [0.2, 0.25) is 0 Å². The maximum Gasteiger partial charge on any atom is 0.408 e. The fourth-order valence-electron chi connectivity index (χ4n) is 2.66. The molecule has 0 saturated carbocycles. The molecule has 0 aliphatic carbocycles. The van der Waals surface area contributed by atoms with Gasteiger partial charge < -0.3 is 20.1 Å². The predicted octanol–water partition coefficient (Wildman–Crippen LogP) is 2.84. The van der Waals surface area contributed by atoms with Crippen LogP contribution in [0.25, 0.3) is 0 Å². The van der Waals surface area contributed by atoms with Gasteiger partial charge in [-0.3, -0.25) is 4.79 Å². The standard InChI is InChI=1S/C23H28N2O5/c1-17(2)21(25-23(28)30-15-19-11-7-4-8-12-19)22(27)29-16-20(26)24-14-13-18-9-5-3-6-10-18/h3-12,17,21H,13-16H2,1-2H3,(H,24,26)(H,25,28)/t21-/m1/s1. The third-order valence-corrected chi connectivity index (χ3v) is 4.33. The summed E-state index contributed by atoms with van der Waals surface area (Å²) in [6, 6.07) is 18.0. The smallest absolute Gasteiger partial charge is 0.408 e. The Morgan fingerprint density at radius 2 is 1.47 bits per heavy atom. The SMILES string of the molecule is CC(C)[C@@H](NC(=O)OCc1ccccc1)C(=O)OCC(=O)NCCc1ccccc1. The van der Waals surface area contributed by atoms with E-state index in [1.54, 1.807) is 13.8 Å². The monoisotopic (exact) mass is 412 g/mol. The third-order valence-electron chi connectivity index (χ3n) is 4.33. The first-order chi connectivity index (χ1) is 14.5. The summed E-state index contributed by atoms with van der Waals surface area (Å²) < 4.78 is 10.2. The summed E-state index contributed by atoms with van der Waals surface area (Å²) in [4.78, 5) is 36.3. The number of esters is 1. The van der Waals surface area contributed by atoms with E-state index >= 15 is 0 Å². The lowest BCUT2D eigenvalue weighted by molar-refractivity contribution is -0.151. The van der Waals surface area contributed by atoms with Crippen LogP contribution in [0.3, 0.4) is 0 Å². The molecule has 2 aromatic rings. The van der Waals surface area contributed by atoms with E-state index < -0.39 is 30.6 Å². The van der Waals surface area contributed by atoms with Gasteiger partial charge in [0.1, 0.15) is 12.6 Å². The van der Waals surface area contributed by atoms with Gasteiger partial charge in [-0.1, -0.05) is 74.5 Å². The van der Waals surface area contributed by atoms with Crippen LogP contribution >= 0.6 is 0 Å². The van der Waals surface area contributed by atoms with Crippen molar-refractivity contribution in [3.05, 3.63) is 71.8 Å². The average Bonchev–Trinajstić information content (AvgIpc) is 2.75. The van der Waals surface area contributed by atoms with Gasteiger partial charge in [0.25, 0.3) is 5.91 Å². The van der Waals surface area contributed by atoms with Gasteiger partial charge in [0, 0.05) is 6.54 Å². The van der Waals surface area contributed by atoms with Crippen molar-refractivity contribution in [2.24, 2.45) is 5.92 Å². The Bertz CT molecular complexity index is 809. The van der Waals surface area contributed by atoms with Crippen molar-refractivity contribution in [3.8, 4) is 0 Å². The van der Waals surface area contributed by atoms with E-state index in [2.05, 4.69) is 10.6 Å². The molecule has 160 valence electrons. The first kappa shape index (κ1) is 22.9. The largest absolute Gasteiger partial charge is 0.454 e. The number of nitrogens with one attached hydrogen (secondary N) is 2. The minimum absolute atomic E-state index is 0.0936. The Balaban J connectivity index is 1.71. The molecule has 2 amide bonds. The molecule has 0 saturated heterocycles. The lowest BCUT2D eigenvalue weighted by Gasteiger charge is -2.20. The quantitative estimate of drug-likeness (QED) is 0.586. The van der Waals surface area contributed by atoms with E-state index in [0.717, 1.165) is 11.1 Å². The van der Waals surface area contributed by atoms with E-state index in [0.29, 0.717) is 13.0 Å². The van der Waals surface area contributed by atoms with E-state index in [9.17, 15) is 14.4 Å². The predicted molar refractivity (Wildman–Crippen MR) is 113 cm³/mol. The number of carbonyl (C=O) groups is 3. The van der Waals surface area contributed by atoms with Crippen molar-refractivity contribution in [2.45, 2.75) is 32.9 Å². The molecule has 2 N–H and O–H groups in total. The van der Waals surface area contributed by atoms with Crippen LogP contribution in [0.5, 0.6) is 0 Å². The van der Waals surface area contributed by atoms with Crippen LogP contribution in [0.4, 0.5) is 4.79 Å². The highest BCUT2D eigenvalue weighted by Gasteiger charge is 2.27. The normalized spacial score (nSPS) is 11.4. The summed E-state index contributed by atoms with van der Waals surface area (Å²) in [5.74, 6) is -1.31. The van der Waals surface area contributed by atoms with Crippen LogP contribution in [-0.4, -0.2) is 37.2 Å². The highest BCUT2D eigenvalue weighted by molar-refractivity contribution is 5.84. The molecule has 7 heteroatoms. The Labute approximate surface area is 176 Å². The van der Waals surface area contributed by atoms with E-state index in [1.807, 2.05) is 60.7 Å². The number of alkyl carbamates (subject to hydrolysis) is 1. The topological polar surface area (TPSA) is 93.7 Å². The molecule has 0 spiro atoms. The highest BCUT2D eigenvalue weighted by atomic mass is 16.6. The zero-order valence-corrected chi connectivity index (χ0v) is 17.3. The van der Waals surface area contributed by atoms with Gasteiger partial charge in [0.15, 0.2) is 6.61 Å². The highest BCUT2D eigenvalue weighted by Crippen LogP contribution is 2.06. The Morgan fingerprint density at radius 1 is 0.867 bits per heavy atom. The van der Waals surface area contributed by atoms with Crippen LogP contribution in [0.2, 0.25) is 0 Å². The Hall–Kier alpha value is -3.35. The number of hydrogen-bond donors (Lipinski definition) is 2. The minimum atomic E-state index is -0.912. The van der Waals surface area contributed by atoms with Crippen molar-refractivity contribution >= 4 is 18.0 Å². The average molecular weight is 412 g/mol. The molecule has 0 heterocycles. The zero-order chi connectivity index (χ0) is 21.8. The molecule has 0 bridgehead atoms. The number of rotatable bonds is 10. The molecule has 2 aromatic carbocycles. The molecule has 0 aliphatic rings. The van der Waals surface area contributed by atoms with Crippen molar-refractivity contribution in [1.82, 2.24) is 10.6 Å². The van der Waals surface area contributed by atoms with E-state index in [1.165, 1.54) is 0 Å². The lowest BCUT2D eigenvalue weighted by Crippen LogP contribution is -2.46. The van der Waals surface area contributed by atoms with Crippen molar-refractivity contribution in [1.29, 1.82) is 0 Å². The molecular formula is C23H28N2O5. The number of carbonyl (C=O) groups excluding carboxylic acids is 3. The fraction of sp³-hybridized carbons (Fsp3) is 0.348. The summed E-state index contributed by atoms with van der Waals surface area (Å²) in [6.07, 6.45) is -0.0361. The molecule has 2 rings (SSSR count). The van der Waals surface area contributed by atoms with Crippen LogP contribution in [0.1, 0.15) is 25.0 Å². The lowest BCUT2D eigenvalue weighted by atomic mass is 10.1. The van der Waals surface area contributed by atoms with Crippen molar-refractivity contribution < 1.29 is 23.9 Å². The van der Waals surface area contributed by atoms with Crippen LogP contribution < -0.4 is 10.6 Å². The van der Waals surface area contributed by atoms with Gasteiger partial charge in [-0.05, 0) is 23.5 Å². The number of benzene rings is 2. The van der Waals surface area contributed by atoms with Crippen molar-refractivity contribution in [2.75, 3.05) is 13.2 Å². The molecule has 0 radical (unpaired) electrons. The van der Waals surface area contributed by atoms with Gasteiger partial charge >= 0.3 is 12.1 Å². The molecular weight excluding hydrogens is 384 g/mol. The van der Waals surface area contributed by atoms with E-state index in [4.69, 9.17) is 9.47 Å². The Morgan fingerprint density at radius 3 is 2.07 bits per heavy atom. The van der Waals surface area contributed by atoms with Gasteiger partial charge in [0.05, 0.1) is 0 Å². The number of amides is 2. The summed E-state index contributed by atoms with van der Waals surface area (Å²) in [7, 11) is 0. The summed E-state index contributed by atoms with van der Waals surface area (Å²) >= 11 is 0. The summed E-state index contributed by atoms with van der Waals surface area (Å²) in [5.41, 5.74) is 1.94. The molecule has 7 nitrogen and oxygen atoms in total. The van der Waals surface area contributed by atoms with E-state index in [-0.39, 0.29) is 12.5 Å². The molecule has 0 unspecified atom stereocenters. The van der Waals surface area contributed by atoms with Crippen molar-refractivity contribution in [3.63, 3.8) is 0 Å². The number of hydrogen-bond acceptors (Lipinski definition) is 5. The molecule has 0 aliphatic heterocycles. The molecule has 1 atom stereocenters. The van der Waals surface area contributed by atoms with Crippen LogP contribution in [0, 0.1) is 5.92 Å². The first-order valence-corrected chi connectivity index (χ1v) is 9.90. The molecule has 0 aromatic heterocycles. The summed E-state index contributed by atoms with van der Waals surface area (Å²) in [5, 5.41) is 5.21. The zero-order valence-electron chi connectivity index (χ0n) is 17.3. The maximum atomic E-state index is 12.3. The molecule has 30 heavy (non-hydrogen) atoms. The Kier molecular flexibility index (Phi) is 9.37. The van der Waals surface area contributed by atoms with Gasteiger partial charge in [-0.2, -0.15) is 0 Å². The second-order valence-electron chi connectivity index (χ2n) is 7.12. The first-order valence-electron chi connectivity index (χ1n) is 9.90. The van der Waals surface area contributed by atoms with Gasteiger partial charge in [-0.25, -0.2) is 9.59 Å².